The molecule has 4 heteroatoms. The van der Waals surface area contributed by atoms with E-state index in [1.165, 1.54) is 14.9 Å². The van der Waals surface area contributed by atoms with Crippen LogP contribution in [-0.2, 0) is 6.54 Å². The van der Waals surface area contributed by atoms with Gasteiger partial charge in [0.05, 0.1) is 0 Å². The summed E-state index contributed by atoms with van der Waals surface area (Å²) in [4.78, 5) is 1.37. The molecule has 0 bridgehead atoms. The molecule has 0 spiro atoms. The van der Waals surface area contributed by atoms with Gasteiger partial charge in [0.1, 0.15) is 0 Å². The Kier molecular flexibility index (Phi) is 5.43. The van der Waals surface area contributed by atoms with Crippen molar-refractivity contribution in [2.75, 3.05) is 12.3 Å². The minimum absolute atomic E-state index is 0.558. The van der Waals surface area contributed by atoms with Crippen molar-refractivity contribution in [3.63, 3.8) is 0 Å². The van der Waals surface area contributed by atoms with Crippen molar-refractivity contribution in [2.45, 2.75) is 25.8 Å². The third kappa shape index (κ3) is 4.64. The van der Waals surface area contributed by atoms with Gasteiger partial charge in [0.15, 0.2) is 0 Å². The van der Waals surface area contributed by atoms with Crippen molar-refractivity contribution in [3.8, 4) is 0 Å². The Morgan fingerprint density at radius 3 is 2.68 bits per heavy atom. The fourth-order valence-corrected chi connectivity index (χ4v) is 3.39. The summed E-state index contributed by atoms with van der Waals surface area (Å²) < 4.78 is 1.17. The zero-order valence-corrected chi connectivity index (χ0v) is 13.4. The summed E-state index contributed by atoms with van der Waals surface area (Å²) in [6.07, 6.45) is 1.14. The summed E-state index contributed by atoms with van der Waals surface area (Å²) in [6, 6.07) is 10.4. The fourth-order valence-electron chi connectivity index (χ4n) is 1.97. The average molecular weight is 339 g/mol. The summed E-state index contributed by atoms with van der Waals surface area (Å²) >= 11 is 5.26. The second-order valence-corrected chi connectivity index (χ2v) is 6.68. The number of anilines is 1. The van der Waals surface area contributed by atoms with Crippen LogP contribution in [0.5, 0.6) is 0 Å². The van der Waals surface area contributed by atoms with Gasteiger partial charge in [0.2, 0.25) is 0 Å². The van der Waals surface area contributed by atoms with Gasteiger partial charge in [-0.05, 0) is 58.6 Å². The first-order chi connectivity index (χ1) is 9.15. The molecule has 19 heavy (non-hydrogen) atoms. The molecular formula is C15H19BrN2S. The maximum Gasteiger partial charge on any atom is 0.0314 e. The minimum Gasteiger partial charge on any atom is -0.399 e. The molecule has 0 saturated heterocycles. The molecule has 0 aliphatic rings. The number of benzene rings is 1. The van der Waals surface area contributed by atoms with Gasteiger partial charge in [0, 0.05) is 27.0 Å². The second-order valence-electron chi connectivity index (χ2n) is 4.76. The molecule has 2 nitrogen and oxygen atoms in total. The van der Waals surface area contributed by atoms with Gasteiger partial charge in [0.25, 0.3) is 0 Å². The van der Waals surface area contributed by atoms with E-state index in [1.807, 2.05) is 12.1 Å². The molecule has 0 radical (unpaired) electrons. The molecule has 3 N–H and O–H groups in total. The molecule has 0 saturated carbocycles. The Hall–Kier alpha value is -0.840. The Bertz CT molecular complexity index is 507. The van der Waals surface area contributed by atoms with Gasteiger partial charge in [-0.15, -0.1) is 11.3 Å². The zero-order valence-electron chi connectivity index (χ0n) is 11.0. The van der Waals surface area contributed by atoms with E-state index >= 15 is 0 Å². The van der Waals surface area contributed by atoms with Crippen molar-refractivity contribution >= 4 is 33.0 Å². The number of nitrogens with two attached hydrogens (primary N) is 1. The topological polar surface area (TPSA) is 38.0 Å². The largest absolute Gasteiger partial charge is 0.399 e. The Morgan fingerprint density at radius 1 is 1.32 bits per heavy atom. The highest BCUT2D eigenvalue weighted by atomic mass is 79.9. The van der Waals surface area contributed by atoms with Crippen molar-refractivity contribution in [3.05, 3.63) is 50.6 Å². The minimum atomic E-state index is 0.558. The highest BCUT2D eigenvalue weighted by Crippen LogP contribution is 2.21. The standard InChI is InChI=1S/C15H19BrN2S/c1-11(12-2-4-14(17)5-3-12)6-7-18-9-15-8-13(16)10-19-15/h2-5,8,10-11,18H,6-7,9,17H2,1H3. The number of rotatable bonds is 6. The molecule has 1 aromatic carbocycles. The van der Waals surface area contributed by atoms with Gasteiger partial charge in [-0.2, -0.15) is 0 Å². The molecule has 0 aliphatic heterocycles. The van der Waals surface area contributed by atoms with E-state index in [2.05, 4.69) is 51.7 Å². The lowest BCUT2D eigenvalue weighted by Crippen LogP contribution is -2.15. The van der Waals surface area contributed by atoms with E-state index in [-0.39, 0.29) is 0 Å². The van der Waals surface area contributed by atoms with Crippen molar-refractivity contribution in [2.24, 2.45) is 0 Å². The highest BCUT2D eigenvalue weighted by molar-refractivity contribution is 9.10. The van der Waals surface area contributed by atoms with E-state index < -0.39 is 0 Å². The predicted molar refractivity (Wildman–Crippen MR) is 87.6 cm³/mol. The number of thiophene rings is 1. The van der Waals surface area contributed by atoms with E-state index in [9.17, 15) is 0 Å². The molecule has 1 aromatic heterocycles. The molecule has 1 heterocycles. The molecule has 102 valence electrons. The van der Waals surface area contributed by atoms with E-state index in [1.54, 1.807) is 11.3 Å². The first kappa shape index (κ1) is 14.6. The Balaban J connectivity index is 1.72. The van der Waals surface area contributed by atoms with Crippen molar-refractivity contribution in [1.82, 2.24) is 5.32 Å². The van der Waals surface area contributed by atoms with E-state index in [0.717, 1.165) is 25.2 Å². The summed E-state index contributed by atoms with van der Waals surface area (Å²) in [5.41, 5.74) is 7.89. The molecule has 0 fully saturated rings. The van der Waals surface area contributed by atoms with Crippen LogP contribution in [-0.4, -0.2) is 6.54 Å². The normalized spacial score (nSPS) is 12.5. The van der Waals surface area contributed by atoms with Crippen LogP contribution >= 0.6 is 27.3 Å². The molecule has 1 atom stereocenters. The van der Waals surface area contributed by atoms with Crippen LogP contribution in [0.1, 0.15) is 29.7 Å². The summed E-state index contributed by atoms with van der Waals surface area (Å²) in [5.74, 6) is 0.558. The second kappa shape index (κ2) is 7.08. The highest BCUT2D eigenvalue weighted by Gasteiger charge is 2.05. The lowest BCUT2D eigenvalue weighted by molar-refractivity contribution is 0.597. The van der Waals surface area contributed by atoms with Crippen LogP contribution in [0.25, 0.3) is 0 Å². The SMILES string of the molecule is CC(CCNCc1cc(Br)cs1)c1ccc(N)cc1. The molecule has 0 aliphatic carbocycles. The number of nitrogen functional groups attached to an aromatic ring is 1. The van der Waals surface area contributed by atoms with E-state index in [0.29, 0.717) is 5.92 Å². The Labute approximate surface area is 127 Å². The van der Waals surface area contributed by atoms with Crippen LogP contribution in [0.2, 0.25) is 0 Å². The smallest absolute Gasteiger partial charge is 0.0314 e. The predicted octanol–water partition coefficient (Wildman–Crippen LogP) is 4.38. The molecule has 2 rings (SSSR count). The van der Waals surface area contributed by atoms with Gasteiger partial charge < -0.3 is 11.1 Å². The first-order valence-electron chi connectivity index (χ1n) is 6.44. The van der Waals surface area contributed by atoms with Crippen LogP contribution in [0.3, 0.4) is 0 Å². The number of halogens is 1. The van der Waals surface area contributed by atoms with Crippen LogP contribution in [0.15, 0.2) is 40.2 Å². The van der Waals surface area contributed by atoms with Gasteiger partial charge in [-0.25, -0.2) is 0 Å². The zero-order chi connectivity index (χ0) is 13.7. The number of hydrogen-bond acceptors (Lipinski definition) is 3. The quantitative estimate of drug-likeness (QED) is 0.606. The molecule has 2 aromatic rings. The van der Waals surface area contributed by atoms with E-state index in [4.69, 9.17) is 5.73 Å². The molecule has 1 unspecified atom stereocenters. The number of nitrogens with one attached hydrogen (secondary N) is 1. The van der Waals surface area contributed by atoms with Crippen LogP contribution < -0.4 is 11.1 Å². The van der Waals surface area contributed by atoms with Gasteiger partial charge in [-0.3, -0.25) is 0 Å². The van der Waals surface area contributed by atoms with Crippen LogP contribution in [0.4, 0.5) is 5.69 Å². The lowest BCUT2D eigenvalue weighted by Gasteiger charge is -2.12. The third-order valence-corrected chi connectivity index (χ3v) is 4.88. The van der Waals surface area contributed by atoms with Crippen molar-refractivity contribution in [1.29, 1.82) is 0 Å². The number of hydrogen-bond donors (Lipinski definition) is 2. The maximum absolute atomic E-state index is 5.70. The summed E-state index contributed by atoms with van der Waals surface area (Å²) in [5, 5.41) is 5.61. The third-order valence-electron chi connectivity index (χ3n) is 3.18. The monoisotopic (exact) mass is 338 g/mol. The van der Waals surface area contributed by atoms with Crippen LogP contribution in [0, 0.1) is 0 Å². The average Bonchev–Trinajstić information content (AvgIpc) is 2.81. The van der Waals surface area contributed by atoms with Crippen molar-refractivity contribution < 1.29 is 0 Å². The first-order valence-corrected chi connectivity index (χ1v) is 8.11. The molecular weight excluding hydrogens is 320 g/mol. The Morgan fingerprint density at radius 2 is 2.05 bits per heavy atom. The summed E-state index contributed by atoms with van der Waals surface area (Å²) in [6.45, 7) is 4.24. The lowest BCUT2D eigenvalue weighted by atomic mass is 9.98. The van der Waals surface area contributed by atoms with Gasteiger partial charge in [-0.1, -0.05) is 19.1 Å². The summed E-state index contributed by atoms with van der Waals surface area (Å²) in [7, 11) is 0. The fraction of sp³-hybridized carbons (Fsp3) is 0.333. The van der Waals surface area contributed by atoms with Gasteiger partial charge >= 0.3 is 0 Å². The molecule has 0 amide bonds. The maximum atomic E-state index is 5.70.